The normalized spacial score (nSPS) is 16.0. The number of carbonyl (C=O) groups is 1. The van der Waals surface area contributed by atoms with Crippen molar-refractivity contribution in [3.8, 4) is 0 Å². The van der Waals surface area contributed by atoms with Gasteiger partial charge in [-0.25, -0.2) is 0 Å². The summed E-state index contributed by atoms with van der Waals surface area (Å²) >= 11 is 0. The number of hydrogen-bond donors (Lipinski definition) is 3. The Hall–Kier alpha value is -2.15. The highest BCUT2D eigenvalue weighted by molar-refractivity contribution is 6.01. The van der Waals surface area contributed by atoms with E-state index in [9.17, 15) is 14.9 Å². The highest BCUT2D eigenvalue weighted by Gasteiger charge is 2.23. The zero-order valence-electron chi connectivity index (χ0n) is 11.8. The van der Waals surface area contributed by atoms with Crippen molar-refractivity contribution in [2.75, 3.05) is 5.43 Å². The van der Waals surface area contributed by atoms with Gasteiger partial charge in [0.05, 0.1) is 10.5 Å². The number of hydrazine groups is 1. The molecule has 0 radical (unpaired) electrons. The van der Waals surface area contributed by atoms with Gasteiger partial charge in [-0.15, -0.1) is 0 Å². The molecule has 4 N–H and O–H groups in total. The average molecular weight is 292 g/mol. The molecule has 2 rings (SSSR count). The van der Waals surface area contributed by atoms with Crippen molar-refractivity contribution in [1.29, 1.82) is 0 Å². The van der Waals surface area contributed by atoms with Crippen molar-refractivity contribution in [3.63, 3.8) is 0 Å². The van der Waals surface area contributed by atoms with E-state index in [1.165, 1.54) is 31.0 Å². The first kappa shape index (κ1) is 15.2. The van der Waals surface area contributed by atoms with Crippen LogP contribution in [0.1, 0.15) is 48.9 Å². The van der Waals surface area contributed by atoms with Gasteiger partial charge in [0.15, 0.2) is 0 Å². The SMILES string of the molecule is NNc1c(C(=O)NC2CCCCCC2)cccc1[N+](=O)[O-]. The smallest absolute Gasteiger partial charge is 0.294 e. The lowest BCUT2D eigenvalue weighted by molar-refractivity contribution is -0.384. The lowest BCUT2D eigenvalue weighted by Crippen LogP contribution is -2.35. The van der Waals surface area contributed by atoms with Crippen LogP contribution in [0.3, 0.4) is 0 Å². The molecule has 0 saturated heterocycles. The average Bonchev–Trinajstić information content (AvgIpc) is 2.74. The lowest BCUT2D eigenvalue weighted by atomic mass is 10.1. The second-order valence-corrected chi connectivity index (χ2v) is 5.26. The number of nitrogens with two attached hydrogens (primary N) is 1. The third-order valence-electron chi connectivity index (χ3n) is 3.82. The zero-order chi connectivity index (χ0) is 15.2. The molecule has 1 aromatic carbocycles. The van der Waals surface area contributed by atoms with E-state index in [4.69, 9.17) is 5.84 Å². The van der Waals surface area contributed by atoms with Gasteiger partial charge in [0.2, 0.25) is 0 Å². The predicted octanol–water partition coefficient (Wildman–Crippen LogP) is 2.33. The van der Waals surface area contributed by atoms with Crippen LogP contribution in [0.4, 0.5) is 11.4 Å². The van der Waals surface area contributed by atoms with Crippen LogP contribution < -0.4 is 16.6 Å². The molecular formula is C14H20N4O3. The number of nitrogens with zero attached hydrogens (tertiary/aromatic N) is 1. The molecule has 1 aromatic rings. The second kappa shape index (κ2) is 7.03. The minimum atomic E-state index is -0.558. The lowest BCUT2D eigenvalue weighted by Gasteiger charge is -2.17. The van der Waals surface area contributed by atoms with E-state index in [0.717, 1.165) is 25.7 Å². The van der Waals surface area contributed by atoms with Gasteiger partial charge in [-0.3, -0.25) is 20.8 Å². The summed E-state index contributed by atoms with van der Waals surface area (Å²) in [4.78, 5) is 22.8. The van der Waals surface area contributed by atoms with Crippen LogP contribution in [0.5, 0.6) is 0 Å². The van der Waals surface area contributed by atoms with Crippen LogP contribution in [0.2, 0.25) is 0 Å². The Morgan fingerprint density at radius 2 is 1.90 bits per heavy atom. The quantitative estimate of drug-likeness (QED) is 0.341. The first-order valence-electron chi connectivity index (χ1n) is 7.18. The number of amides is 1. The standard InChI is InChI=1S/C14H20N4O3/c15-17-13-11(8-5-9-12(13)18(20)21)14(19)16-10-6-3-1-2-4-7-10/h5,8-10,17H,1-4,6-7,15H2,(H,16,19). The monoisotopic (exact) mass is 292 g/mol. The molecule has 21 heavy (non-hydrogen) atoms. The molecule has 0 aromatic heterocycles. The number of nitrogen functional groups attached to an aromatic ring is 1. The Morgan fingerprint density at radius 3 is 2.48 bits per heavy atom. The zero-order valence-corrected chi connectivity index (χ0v) is 11.8. The van der Waals surface area contributed by atoms with Gasteiger partial charge >= 0.3 is 0 Å². The van der Waals surface area contributed by atoms with Gasteiger partial charge in [-0.05, 0) is 18.9 Å². The van der Waals surface area contributed by atoms with E-state index in [0.29, 0.717) is 0 Å². The fraction of sp³-hybridized carbons (Fsp3) is 0.500. The maximum Gasteiger partial charge on any atom is 0.294 e. The number of nitrogens with one attached hydrogen (secondary N) is 2. The first-order chi connectivity index (χ1) is 10.1. The van der Waals surface area contributed by atoms with E-state index in [2.05, 4.69) is 10.7 Å². The second-order valence-electron chi connectivity index (χ2n) is 5.26. The Balaban J connectivity index is 2.18. The Morgan fingerprint density at radius 1 is 1.24 bits per heavy atom. The fourth-order valence-electron chi connectivity index (χ4n) is 2.72. The maximum atomic E-state index is 12.4. The molecule has 1 aliphatic carbocycles. The maximum absolute atomic E-state index is 12.4. The molecule has 0 bridgehead atoms. The molecule has 1 saturated carbocycles. The van der Waals surface area contributed by atoms with Crippen LogP contribution in [0.15, 0.2) is 18.2 Å². The molecule has 7 heteroatoms. The topological polar surface area (TPSA) is 110 Å². The van der Waals surface area contributed by atoms with Gasteiger partial charge in [-0.2, -0.15) is 0 Å². The number of nitro benzene ring substituents is 1. The number of hydrogen-bond acceptors (Lipinski definition) is 5. The highest BCUT2D eigenvalue weighted by Crippen LogP contribution is 2.27. The molecular weight excluding hydrogens is 272 g/mol. The van der Waals surface area contributed by atoms with E-state index in [1.807, 2.05) is 0 Å². The molecule has 0 atom stereocenters. The predicted molar refractivity (Wildman–Crippen MR) is 79.9 cm³/mol. The van der Waals surface area contributed by atoms with Gasteiger partial charge in [0, 0.05) is 12.1 Å². The highest BCUT2D eigenvalue weighted by atomic mass is 16.6. The summed E-state index contributed by atoms with van der Waals surface area (Å²) in [5.74, 6) is 5.03. The van der Waals surface area contributed by atoms with E-state index < -0.39 is 4.92 Å². The van der Waals surface area contributed by atoms with Crippen LogP contribution in [-0.4, -0.2) is 16.9 Å². The number of nitro groups is 1. The summed E-state index contributed by atoms with van der Waals surface area (Å²) in [5.41, 5.74) is 2.32. The molecule has 7 nitrogen and oxygen atoms in total. The summed E-state index contributed by atoms with van der Waals surface area (Å²) in [6.07, 6.45) is 6.49. The molecule has 1 aliphatic rings. The van der Waals surface area contributed by atoms with Crippen molar-refractivity contribution in [2.45, 2.75) is 44.6 Å². The Labute approximate surface area is 123 Å². The third-order valence-corrected chi connectivity index (χ3v) is 3.82. The van der Waals surface area contributed by atoms with Crippen LogP contribution >= 0.6 is 0 Å². The van der Waals surface area contributed by atoms with Crippen molar-refractivity contribution in [2.24, 2.45) is 5.84 Å². The molecule has 0 unspecified atom stereocenters. The molecule has 114 valence electrons. The molecule has 0 aliphatic heterocycles. The number of anilines is 1. The van der Waals surface area contributed by atoms with Crippen LogP contribution in [-0.2, 0) is 0 Å². The van der Waals surface area contributed by atoms with Gasteiger partial charge in [0.25, 0.3) is 11.6 Å². The molecule has 1 fully saturated rings. The van der Waals surface area contributed by atoms with E-state index in [1.54, 1.807) is 0 Å². The first-order valence-corrected chi connectivity index (χ1v) is 7.18. The van der Waals surface area contributed by atoms with Gasteiger partial charge in [0.1, 0.15) is 5.69 Å². The van der Waals surface area contributed by atoms with Gasteiger partial charge < -0.3 is 10.7 Å². The van der Waals surface area contributed by atoms with Crippen molar-refractivity contribution in [3.05, 3.63) is 33.9 Å². The molecule has 0 spiro atoms. The van der Waals surface area contributed by atoms with E-state index >= 15 is 0 Å². The summed E-state index contributed by atoms with van der Waals surface area (Å²) in [6, 6.07) is 4.47. The van der Waals surface area contributed by atoms with Gasteiger partial charge in [-0.1, -0.05) is 31.7 Å². The van der Waals surface area contributed by atoms with Crippen LogP contribution in [0.25, 0.3) is 0 Å². The molecule has 0 heterocycles. The summed E-state index contributed by atoms with van der Waals surface area (Å²) in [5, 5.41) is 13.9. The van der Waals surface area contributed by atoms with E-state index in [-0.39, 0.29) is 28.9 Å². The van der Waals surface area contributed by atoms with Crippen molar-refractivity contribution >= 4 is 17.3 Å². The van der Waals surface area contributed by atoms with Crippen molar-refractivity contribution < 1.29 is 9.72 Å². The summed E-state index contributed by atoms with van der Waals surface area (Å²) in [7, 11) is 0. The minimum Gasteiger partial charge on any atom is -0.349 e. The fourth-order valence-corrected chi connectivity index (χ4v) is 2.72. The third kappa shape index (κ3) is 3.69. The number of para-hydroxylation sites is 1. The Bertz CT molecular complexity index is 525. The summed E-state index contributed by atoms with van der Waals surface area (Å²) in [6.45, 7) is 0. The number of rotatable bonds is 4. The van der Waals surface area contributed by atoms with Crippen LogP contribution in [0, 0.1) is 10.1 Å². The number of benzene rings is 1. The Kier molecular flexibility index (Phi) is 5.10. The number of carbonyl (C=O) groups excluding carboxylic acids is 1. The molecule has 1 amide bonds. The van der Waals surface area contributed by atoms with Crippen molar-refractivity contribution in [1.82, 2.24) is 5.32 Å². The summed E-state index contributed by atoms with van der Waals surface area (Å²) < 4.78 is 0. The largest absolute Gasteiger partial charge is 0.349 e. The minimum absolute atomic E-state index is 0.0496.